The lowest BCUT2D eigenvalue weighted by molar-refractivity contribution is -0.127. The Morgan fingerprint density at radius 3 is 2.61 bits per heavy atom. The van der Waals surface area contributed by atoms with Crippen LogP contribution in [0.2, 0.25) is 0 Å². The molecule has 1 aromatic heterocycles. The number of rotatable bonds is 10. The number of anilines is 1. The fraction of sp³-hybridized carbons (Fsp3) is 0.542. The fourth-order valence-electron chi connectivity index (χ4n) is 4.09. The van der Waals surface area contributed by atoms with Gasteiger partial charge in [-0.15, -0.1) is 0 Å². The smallest absolute Gasteiger partial charge is 0.339 e. The highest BCUT2D eigenvalue weighted by Gasteiger charge is 2.25. The summed E-state index contributed by atoms with van der Waals surface area (Å²) in [6.45, 7) is 6.41. The summed E-state index contributed by atoms with van der Waals surface area (Å²) in [7, 11) is 0. The zero-order valence-corrected chi connectivity index (χ0v) is 19.4. The number of nitrogens with zero attached hydrogens (tertiary/aromatic N) is 1. The molecule has 180 valence electrons. The van der Waals surface area contributed by atoms with E-state index in [9.17, 15) is 14.7 Å². The highest BCUT2D eigenvalue weighted by atomic mass is 16.5. The van der Waals surface area contributed by atoms with Gasteiger partial charge in [0.15, 0.2) is 0 Å². The number of carboxylic acids is 1. The number of aryl methyl sites for hydroxylation is 1. The van der Waals surface area contributed by atoms with E-state index in [0.29, 0.717) is 35.6 Å². The summed E-state index contributed by atoms with van der Waals surface area (Å²) in [6.07, 6.45) is 3.17. The van der Waals surface area contributed by atoms with E-state index in [4.69, 9.17) is 19.9 Å². The lowest BCUT2D eigenvalue weighted by atomic mass is 9.93. The van der Waals surface area contributed by atoms with Crippen molar-refractivity contribution in [1.29, 1.82) is 0 Å². The number of carboxylic acid groups (broad SMARTS) is 1. The molecule has 1 saturated carbocycles. The molecule has 0 bridgehead atoms. The molecular weight excluding hydrogens is 426 g/mol. The maximum absolute atomic E-state index is 12.1. The molecule has 33 heavy (non-hydrogen) atoms. The van der Waals surface area contributed by atoms with Crippen molar-refractivity contribution in [3.8, 4) is 5.75 Å². The van der Waals surface area contributed by atoms with E-state index in [-0.39, 0.29) is 42.0 Å². The summed E-state index contributed by atoms with van der Waals surface area (Å²) in [5, 5.41) is 13.0. The number of nitrogen functional groups attached to an aromatic ring is 1. The van der Waals surface area contributed by atoms with Gasteiger partial charge in [-0.3, -0.25) is 9.78 Å². The Morgan fingerprint density at radius 2 is 1.94 bits per heavy atom. The van der Waals surface area contributed by atoms with Gasteiger partial charge in [-0.1, -0.05) is 6.07 Å². The van der Waals surface area contributed by atoms with E-state index in [2.05, 4.69) is 10.3 Å². The number of hydrogen-bond acceptors (Lipinski definition) is 7. The van der Waals surface area contributed by atoms with Crippen LogP contribution < -0.4 is 15.8 Å². The molecule has 0 unspecified atom stereocenters. The Morgan fingerprint density at radius 1 is 1.21 bits per heavy atom. The zero-order valence-electron chi connectivity index (χ0n) is 19.4. The molecule has 1 aromatic carbocycles. The first-order valence-electron chi connectivity index (χ1n) is 11.3. The highest BCUT2D eigenvalue weighted by Crippen LogP contribution is 2.35. The van der Waals surface area contributed by atoms with Gasteiger partial charge >= 0.3 is 5.97 Å². The third kappa shape index (κ3) is 6.55. The second-order valence-electron chi connectivity index (χ2n) is 8.57. The van der Waals surface area contributed by atoms with Gasteiger partial charge in [-0.2, -0.15) is 0 Å². The number of aromatic carboxylic acids is 1. The average Bonchev–Trinajstić information content (AvgIpc) is 2.74. The molecule has 1 aliphatic rings. The molecule has 1 fully saturated rings. The van der Waals surface area contributed by atoms with E-state index in [1.165, 1.54) is 0 Å². The molecular formula is C24H33N3O6. The molecule has 0 spiro atoms. The summed E-state index contributed by atoms with van der Waals surface area (Å²) in [4.78, 5) is 28.1. The van der Waals surface area contributed by atoms with Crippen LogP contribution in [0, 0.1) is 6.92 Å². The van der Waals surface area contributed by atoms with Crippen LogP contribution >= 0.6 is 0 Å². The van der Waals surface area contributed by atoms with Gasteiger partial charge in [-0.05, 0) is 58.6 Å². The Bertz CT molecular complexity index is 986. The van der Waals surface area contributed by atoms with Gasteiger partial charge in [0.05, 0.1) is 47.7 Å². The van der Waals surface area contributed by atoms with Crippen molar-refractivity contribution < 1.29 is 28.9 Å². The molecule has 0 radical (unpaired) electrons. The quantitative estimate of drug-likeness (QED) is 0.462. The minimum Gasteiger partial charge on any atom is -0.490 e. The third-order valence-corrected chi connectivity index (χ3v) is 5.65. The van der Waals surface area contributed by atoms with Crippen molar-refractivity contribution in [1.82, 2.24) is 10.3 Å². The first kappa shape index (κ1) is 24.7. The minimum atomic E-state index is -1.11. The van der Waals surface area contributed by atoms with Crippen molar-refractivity contribution in [2.24, 2.45) is 0 Å². The largest absolute Gasteiger partial charge is 0.490 e. The van der Waals surface area contributed by atoms with Gasteiger partial charge < -0.3 is 30.4 Å². The second kappa shape index (κ2) is 11.3. The van der Waals surface area contributed by atoms with Gasteiger partial charge in [0, 0.05) is 6.04 Å². The van der Waals surface area contributed by atoms with Gasteiger partial charge in [0.1, 0.15) is 17.9 Å². The number of pyridine rings is 1. The lowest BCUT2D eigenvalue weighted by Crippen LogP contribution is -2.41. The summed E-state index contributed by atoms with van der Waals surface area (Å²) in [5.74, 6) is -0.709. The molecule has 1 heterocycles. The predicted molar refractivity (Wildman–Crippen MR) is 125 cm³/mol. The summed E-state index contributed by atoms with van der Waals surface area (Å²) < 4.78 is 17.0. The van der Waals surface area contributed by atoms with Gasteiger partial charge in [-0.25, -0.2) is 4.79 Å². The molecule has 0 saturated heterocycles. The molecule has 9 heteroatoms. The Balaban J connectivity index is 1.53. The van der Waals surface area contributed by atoms with Crippen molar-refractivity contribution in [2.75, 3.05) is 25.6 Å². The van der Waals surface area contributed by atoms with Crippen LogP contribution in [0.5, 0.6) is 5.75 Å². The number of benzene rings is 1. The van der Waals surface area contributed by atoms with E-state index in [0.717, 1.165) is 25.7 Å². The standard InChI is InChI=1S/C24H33N3O6/c1-14(2)32-12-11-31-13-20(28)27-16-7-9-17(10-8-16)33-19-6-4-5-18-22(19)23(25)21(24(29)30)15(3)26-18/h4-6,14,16-17H,7-13H2,1-3H3,(H2,25,26)(H,27,28)(H,29,30). The van der Waals surface area contributed by atoms with Gasteiger partial charge in [0.2, 0.25) is 5.91 Å². The molecule has 1 amide bonds. The predicted octanol–water partition coefficient (Wildman–Crippen LogP) is 3.07. The third-order valence-electron chi connectivity index (χ3n) is 5.65. The Labute approximate surface area is 193 Å². The van der Waals surface area contributed by atoms with Crippen LogP contribution in [0.15, 0.2) is 18.2 Å². The van der Waals surface area contributed by atoms with E-state index >= 15 is 0 Å². The van der Waals surface area contributed by atoms with Crippen LogP contribution in [-0.2, 0) is 14.3 Å². The van der Waals surface area contributed by atoms with Crippen LogP contribution in [0.1, 0.15) is 55.6 Å². The average molecular weight is 460 g/mol. The number of amides is 1. The number of hydrogen-bond donors (Lipinski definition) is 3. The molecule has 0 atom stereocenters. The SMILES string of the molecule is Cc1nc2cccc(OC3CCC(NC(=O)COCCOC(C)C)CC3)c2c(N)c1C(=O)O. The summed E-state index contributed by atoms with van der Waals surface area (Å²) >= 11 is 0. The van der Waals surface area contributed by atoms with Crippen LogP contribution in [0.3, 0.4) is 0 Å². The number of carbonyl (C=O) groups excluding carboxylic acids is 1. The lowest BCUT2D eigenvalue weighted by Gasteiger charge is -2.30. The Kier molecular flexibility index (Phi) is 8.46. The summed E-state index contributed by atoms with van der Waals surface area (Å²) in [5.41, 5.74) is 7.36. The van der Waals surface area contributed by atoms with Crippen molar-refractivity contribution in [3.05, 3.63) is 29.5 Å². The van der Waals surface area contributed by atoms with E-state index < -0.39 is 5.97 Å². The molecule has 3 rings (SSSR count). The normalized spacial score (nSPS) is 18.4. The molecule has 1 aliphatic carbocycles. The molecule has 2 aromatic rings. The minimum absolute atomic E-state index is 0.00274. The molecule has 0 aliphatic heterocycles. The maximum atomic E-state index is 12.1. The topological polar surface area (TPSA) is 133 Å². The number of nitrogens with two attached hydrogens (primary N) is 1. The highest BCUT2D eigenvalue weighted by molar-refractivity contribution is 6.06. The first-order chi connectivity index (χ1) is 15.8. The van der Waals surface area contributed by atoms with E-state index in [1.54, 1.807) is 19.1 Å². The number of nitrogens with one attached hydrogen (secondary N) is 1. The summed E-state index contributed by atoms with van der Waals surface area (Å²) in [6, 6.07) is 5.48. The molecule has 4 N–H and O–H groups in total. The molecule has 9 nitrogen and oxygen atoms in total. The number of aromatic nitrogens is 1. The van der Waals surface area contributed by atoms with E-state index in [1.807, 2.05) is 19.9 Å². The van der Waals surface area contributed by atoms with Gasteiger partial charge in [0.25, 0.3) is 0 Å². The van der Waals surface area contributed by atoms with Crippen molar-refractivity contribution in [2.45, 2.75) is 64.7 Å². The number of carbonyl (C=O) groups is 2. The van der Waals surface area contributed by atoms with Crippen molar-refractivity contribution >= 4 is 28.5 Å². The van der Waals surface area contributed by atoms with Crippen LogP contribution in [0.4, 0.5) is 5.69 Å². The maximum Gasteiger partial charge on any atom is 0.339 e. The fourth-order valence-corrected chi connectivity index (χ4v) is 4.09. The monoisotopic (exact) mass is 459 g/mol. The number of fused-ring (bicyclic) bond motifs is 1. The zero-order chi connectivity index (χ0) is 24.0. The van der Waals surface area contributed by atoms with Crippen LogP contribution in [0.25, 0.3) is 10.9 Å². The number of ether oxygens (including phenoxy) is 3. The second-order valence-corrected chi connectivity index (χ2v) is 8.57. The Hall–Kier alpha value is -2.91. The first-order valence-corrected chi connectivity index (χ1v) is 11.3. The van der Waals surface area contributed by atoms with Crippen LogP contribution in [-0.4, -0.2) is 60.0 Å². The van der Waals surface area contributed by atoms with Crippen molar-refractivity contribution in [3.63, 3.8) is 0 Å².